The highest BCUT2D eigenvalue weighted by molar-refractivity contribution is 7.98. The van der Waals surface area contributed by atoms with Gasteiger partial charge in [-0.05, 0) is 16.8 Å². The third kappa shape index (κ3) is 4.02. The standard InChI is InChI=1S/C10H14N6O3S/c1-2-3-4-7-11-8(19-13-7)6-20-10-12-14-15-16(10)5-9(17)18/h2-6H2,1H3,(H,17,18). The van der Waals surface area contributed by atoms with E-state index in [1.807, 2.05) is 0 Å². The minimum atomic E-state index is -1.00. The Labute approximate surface area is 118 Å². The Kier molecular flexibility index (Phi) is 5.04. The Morgan fingerprint density at radius 3 is 3.10 bits per heavy atom. The first-order chi connectivity index (χ1) is 9.69. The molecule has 0 fully saturated rings. The average Bonchev–Trinajstić information content (AvgIpc) is 3.02. The monoisotopic (exact) mass is 298 g/mol. The van der Waals surface area contributed by atoms with Crippen molar-refractivity contribution in [1.82, 2.24) is 30.3 Å². The summed E-state index contributed by atoms with van der Waals surface area (Å²) < 4.78 is 6.31. The van der Waals surface area contributed by atoms with Gasteiger partial charge in [0.1, 0.15) is 6.54 Å². The number of carbonyl (C=O) groups is 1. The van der Waals surface area contributed by atoms with E-state index in [9.17, 15) is 4.79 Å². The number of rotatable bonds is 8. The normalized spacial score (nSPS) is 10.8. The highest BCUT2D eigenvalue weighted by Crippen LogP contribution is 2.19. The van der Waals surface area contributed by atoms with Crippen molar-refractivity contribution in [1.29, 1.82) is 0 Å². The number of unbranched alkanes of at least 4 members (excludes halogenated alkanes) is 1. The van der Waals surface area contributed by atoms with E-state index < -0.39 is 5.97 Å². The summed E-state index contributed by atoms with van der Waals surface area (Å²) in [7, 11) is 0. The summed E-state index contributed by atoms with van der Waals surface area (Å²) in [6.45, 7) is 1.82. The fourth-order valence-electron chi connectivity index (χ4n) is 1.44. The topological polar surface area (TPSA) is 120 Å². The molecular formula is C10H14N6O3S. The molecule has 108 valence electrons. The van der Waals surface area contributed by atoms with Gasteiger partial charge in [0, 0.05) is 6.42 Å². The van der Waals surface area contributed by atoms with Gasteiger partial charge in [-0.3, -0.25) is 4.79 Å². The molecule has 0 aliphatic heterocycles. The molecule has 0 aliphatic carbocycles. The van der Waals surface area contributed by atoms with E-state index >= 15 is 0 Å². The van der Waals surface area contributed by atoms with Crippen molar-refractivity contribution in [3.05, 3.63) is 11.7 Å². The van der Waals surface area contributed by atoms with Gasteiger partial charge in [0.15, 0.2) is 5.82 Å². The van der Waals surface area contributed by atoms with E-state index in [-0.39, 0.29) is 6.54 Å². The molecule has 2 rings (SSSR count). The lowest BCUT2D eigenvalue weighted by atomic mass is 10.2. The van der Waals surface area contributed by atoms with Gasteiger partial charge in [-0.15, -0.1) is 5.10 Å². The van der Waals surface area contributed by atoms with Crippen LogP contribution in [-0.4, -0.2) is 41.4 Å². The van der Waals surface area contributed by atoms with E-state index in [4.69, 9.17) is 9.63 Å². The van der Waals surface area contributed by atoms with E-state index in [2.05, 4.69) is 32.6 Å². The molecular weight excluding hydrogens is 284 g/mol. The molecule has 0 saturated carbocycles. The first-order valence-corrected chi connectivity index (χ1v) is 7.09. The van der Waals surface area contributed by atoms with E-state index in [0.717, 1.165) is 19.3 Å². The third-order valence-electron chi connectivity index (χ3n) is 2.37. The number of aryl methyl sites for hydroxylation is 1. The van der Waals surface area contributed by atoms with Crippen molar-refractivity contribution in [3.8, 4) is 0 Å². The Hall–Kier alpha value is -1.97. The van der Waals surface area contributed by atoms with Crippen molar-refractivity contribution in [2.75, 3.05) is 0 Å². The van der Waals surface area contributed by atoms with Crippen molar-refractivity contribution >= 4 is 17.7 Å². The fraction of sp³-hybridized carbons (Fsp3) is 0.600. The molecule has 2 aromatic heterocycles. The number of hydrogen-bond donors (Lipinski definition) is 1. The Morgan fingerprint density at radius 2 is 2.35 bits per heavy atom. The van der Waals surface area contributed by atoms with Crippen LogP contribution in [0.25, 0.3) is 0 Å². The van der Waals surface area contributed by atoms with Gasteiger partial charge in [-0.25, -0.2) is 4.68 Å². The number of carboxylic acids is 1. The lowest BCUT2D eigenvalue weighted by Crippen LogP contribution is -2.11. The number of tetrazole rings is 1. The number of aliphatic carboxylic acids is 1. The van der Waals surface area contributed by atoms with Crippen molar-refractivity contribution in [2.45, 2.75) is 43.6 Å². The summed E-state index contributed by atoms with van der Waals surface area (Å²) in [5.41, 5.74) is 0. The summed E-state index contributed by atoms with van der Waals surface area (Å²) >= 11 is 1.25. The summed E-state index contributed by atoms with van der Waals surface area (Å²) in [5.74, 6) is 0.566. The van der Waals surface area contributed by atoms with Gasteiger partial charge in [0.05, 0.1) is 5.75 Å². The number of carboxylic acid groups (broad SMARTS) is 1. The minimum Gasteiger partial charge on any atom is -0.480 e. The maximum absolute atomic E-state index is 10.6. The molecule has 2 aromatic rings. The summed E-state index contributed by atoms with van der Waals surface area (Å²) in [5, 5.41) is 23.8. The number of aromatic nitrogens is 6. The van der Waals surface area contributed by atoms with E-state index in [0.29, 0.717) is 22.6 Å². The largest absolute Gasteiger partial charge is 0.480 e. The van der Waals surface area contributed by atoms with Crippen LogP contribution in [0.3, 0.4) is 0 Å². The number of nitrogens with zero attached hydrogens (tertiary/aromatic N) is 6. The van der Waals surface area contributed by atoms with Crippen LogP contribution in [0.15, 0.2) is 9.68 Å². The fourth-order valence-corrected chi connectivity index (χ4v) is 2.15. The molecule has 1 N–H and O–H groups in total. The van der Waals surface area contributed by atoms with Gasteiger partial charge in [0.2, 0.25) is 11.0 Å². The van der Waals surface area contributed by atoms with Crippen molar-refractivity contribution < 1.29 is 14.4 Å². The Bertz CT molecular complexity index is 569. The predicted octanol–water partition coefficient (Wildman–Crippen LogP) is 0.776. The second-order valence-corrected chi connectivity index (χ2v) is 4.95. The molecule has 20 heavy (non-hydrogen) atoms. The molecule has 0 unspecified atom stereocenters. The number of thioether (sulfide) groups is 1. The van der Waals surface area contributed by atoms with Crippen LogP contribution >= 0.6 is 11.8 Å². The first-order valence-electron chi connectivity index (χ1n) is 6.11. The average molecular weight is 298 g/mol. The Morgan fingerprint density at radius 1 is 1.50 bits per heavy atom. The van der Waals surface area contributed by atoms with Crippen molar-refractivity contribution in [3.63, 3.8) is 0 Å². The maximum Gasteiger partial charge on any atom is 0.325 e. The predicted molar refractivity (Wildman–Crippen MR) is 67.9 cm³/mol. The Balaban J connectivity index is 1.90. The van der Waals surface area contributed by atoms with Gasteiger partial charge >= 0.3 is 5.97 Å². The lowest BCUT2D eigenvalue weighted by Gasteiger charge is -1.98. The van der Waals surface area contributed by atoms with Crippen LogP contribution in [0.4, 0.5) is 0 Å². The SMILES string of the molecule is CCCCc1noc(CSc2nnnn2CC(=O)O)n1. The molecule has 9 nitrogen and oxygen atoms in total. The van der Waals surface area contributed by atoms with Crippen LogP contribution in [0, 0.1) is 0 Å². The molecule has 0 bridgehead atoms. The number of hydrogen-bond acceptors (Lipinski definition) is 8. The molecule has 0 amide bonds. The molecule has 0 radical (unpaired) electrons. The zero-order valence-corrected chi connectivity index (χ0v) is 11.7. The molecule has 10 heteroatoms. The molecule has 0 aliphatic rings. The van der Waals surface area contributed by atoms with Crippen LogP contribution in [0.5, 0.6) is 0 Å². The summed E-state index contributed by atoms with van der Waals surface area (Å²) in [6.07, 6.45) is 2.88. The summed E-state index contributed by atoms with van der Waals surface area (Å²) in [4.78, 5) is 14.9. The molecule has 2 heterocycles. The van der Waals surface area contributed by atoms with Gasteiger partial charge in [-0.2, -0.15) is 4.98 Å². The van der Waals surface area contributed by atoms with Crippen molar-refractivity contribution in [2.24, 2.45) is 0 Å². The van der Waals surface area contributed by atoms with Gasteiger partial charge < -0.3 is 9.63 Å². The van der Waals surface area contributed by atoms with Crippen LogP contribution < -0.4 is 0 Å². The summed E-state index contributed by atoms with van der Waals surface area (Å²) in [6, 6.07) is 0. The first kappa shape index (κ1) is 14.4. The minimum absolute atomic E-state index is 0.277. The molecule has 0 aromatic carbocycles. The quantitative estimate of drug-likeness (QED) is 0.704. The molecule has 0 saturated heterocycles. The molecule has 0 spiro atoms. The highest BCUT2D eigenvalue weighted by atomic mass is 32.2. The van der Waals surface area contributed by atoms with Crippen LogP contribution in [-0.2, 0) is 23.5 Å². The van der Waals surface area contributed by atoms with E-state index in [1.54, 1.807) is 0 Å². The lowest BCUT2D eigenvalue weighted by molar-refractivity contribution is -0.138. The van der Waals surface area contributed by atoms with Gasteiger partial charge in [-0.1, -0.05) is 30.3 Å². The second-order valence-electron chi connectivity index (χ2n) is 4.01. The third-order valence-corrected chi connectivity index (χ3v) is 3.31. The van der Waals surface area contributed by atoms with Crippen LogP contribution in [0.1, 0.15) is 31.5 Å². The second kappa shape index (κ2) is 6.98. The van der Waals surface area contributed by atoms with E-state index in [1.165, 1.54) is 16.4 Å². The zero-order valence-electron chi connectivity index (χ0n) is 10.9. The highest BCUT2D eigenvalue weighted by Gasteiger charge is 2.12. The zero-order chi connectivity index (χ0) is 14.4. The van der Waals surface area contributed by atoms with Gasteiger partial charge in [0.25, 0.3) is 0 Å². The smallest absolute Gasteiger partial charge is 0.325 e. The van der Waals surface area contributed by atoms with Crippen LogP contribution in [0.2, 0.25) is 0 Å². The molecule has 0 atom stereocenters. The maximum atomic E-state index is 10.6.